The number of ketones is 1. The summed E-state index contributed by atoms with van der Waals surface area (Å²) < 4.78 is 1.85. The molecule has 1 aromatic heterocycles. The third kappa shape index (κ3) is 2.72. The molecule has 0 aliphatic rings. The van der Waals surface area contributed by atoms with E-state index < -0.39 is 0 Å². The maximum Gasteiger partial charge on any atom is 0.159 e. The highest BCUT2D eigenvalue weighted by Gasteiger charge is 2.00. The summed E-state index contributed by atoms with van der Waals surface area (Å²) in [6.45, 7) is 4.46. The van der Waals surface area contributed by atoms with Gasteiger partial charge in [-0.05, 0) is 38.1 Å². The fourth-order valence-electron chi connectivity index (χ4n) is 1.56. The van der Waals surface area contributed by atoms with Gasteiger partial charge in [0.15, 0.2) is 5.78 Å². The Hall–Kier alpha value is -2.10. The number of rotatable bonds is 4. The largest absolute Gasteiger partial charge is 0.353 e. The van der Waals surface area contributed by atoms with Gasteiger partial charge in [0, 0.05) is 24.0 Å². The normalized spacial score (nSPS) is 10.2. The molecule has 0 fully saturated rings. The lowest BCUT2D eigenvalue weighted by Crippen LogP contribution is -1.94. The lowest BCUT2D eigenvalue weighted by Gasteiger charge is -2.03. The smallest absolute Gasteiger partial charge is 0.159 e. The van der Waals surface area contributed by atoms with Crippen molar-refractivity contribution in [2.24, 2.45) is 0 Å². The van der Waals surface area contributed by atoms with E-state index >= 15 is 0 Å². The monoisotopic (exact) mass is 229 g/mol. The zero-order valence-electron chi connectivity index (χ0n) is 9.97. The number of nitrogens with one attached hydrogen (secondary N) is 1. The number of anilines is 2. The molecule has 2 aromatic rings. The number of hydrogen-bond acceptors (Lipinski definition) is 3. The van der Waals surface area contributed by atoms with Gasteiger partial charge in [0.2, 0.25) is 0 Å². The number of carbonyl (C=O) groups excluding carboxylic acids is 1. The molecule has 2 rings (SSSR count). The minimum atomic E-state index is 0.0790. The molecule has 0 spiro atoms. The van der Waals surface area contributed by atoms with Crippen LogP contribution >= 0.6 is 0 Å². The topological polar surface area (TPSA) is 46.9 Å². The Labute approximate surface area is 100 Å². The van der Waals surface area contributed by atoms with Gasteiger partial charge >= 0.3 is 0 Å². The maximum absolute atomic E-state index is 11.1. The highest BCUT2D eigenvalue weighted by atomic mass is 16.1. The molecule has 4 nitrogen and oxygen atoms in total. The summed E-state index contributed by atoms with van der Waals surface area (Å²) in [6, 6.07) is 7.41. The summed E-state index contributed by atoms with van der Waals surface area (Å²) in [6.07, 6.45) is 3.72. The molecule has 1 aromatic carbocycles. The Morgan fingerprint density at radius 2 is 2.00 bits per heavy atom. The SMILES string of the molecule is CCn1cc(Nc2ccc(C(C)=O)cc2)cn1. The van der Waals surface area contributed by atoms with E-state index in [0.29, 0.717) is 0 Å². The van der Waals surface area contributed by atoms with Crippen LogP contribution < -0.4 is 5.32 Å². The van der Waals surface area contributed by atoms with Crippen molar-refractivity contribution in [3.05, 3.63) is 42.2 Å². The average Bonchev–Trinajstić information content (AvgIpc) is 2.77. The first-order valence-electron chi connectivity index (χ1n) is 5.59. The van der Waals surface area contributed by atoms with Crippen LogP contribution in [0.1, 0.15) is 24.2 Å². The summed E-state index contributed by atoms with van der Waals surface area (Å²) in [5.41, 5.74) is 2.62. The number of nitrogens with zero attached hydrogens (tertiary/aromatic N) is 2. The second kappa shape index (κ2) is 4.82. The van der Waals surface area contributed by atoms with Gasteiger partial charge in [-0.3, -0.25) is 9.48 Å². The molecule has 4 heteroatoms. The fourth-order valence-corrected chi connectivity index (χ4v) is 1.56. The van der Waals surface area contributed by atoms with Gasteiger partial charge in [0.25, 0.3) is 0 Å². The van der Waals surface area contributed by atoms with E-state index in [2.05, 4.69) is 10.4 Å². The minimum absolute atomic E-state index is 0.0790. The third-order valence-corrected chi connectivity index (χ3v) is 2.54. The highest BCUT2D eigenvalue weighted by molar-refractivity contribution is 5.94. The summed E-state index contributed by atoms with van der Waals surface area (Å²) in [5.74, 6) is 0.0790. The molecule has 0 radical (unpaired) electrons. The number of aromatic nitrogens is 2. The number of Topliss-reactive ketones (excluding diaryl/α,β-unsaturated/α-hetero) is 1. The van der Waals surface area contributed by atoms with Crippen molar-refractivity contribution in [1.82, 2.24) is 9.78 Å². The fraction of sp³-hybridized carbons (Fsp3) is 0.231. The summed E-state index contributed by atoms with van der Waals surface area (Å²) in [7, 11) is 0. The number of benzene rings is 1. The van der Waals surface area contributed by atoms with E-state index in [4.69, 9.17) is 0 Å². The van der Waals surface area contributed by atoms with Crippen molar-refractivity contribution >= 4 is 17.2 Å². The predicted molar refractivity (Wildman–Crippen MR) is 67.6 cm³/mol. The van der Waals surface area contributed by atoms with Crippen LogP contribution in [0, 0.1) is 0 Å². The van der Waals surface area contributed by atoms with Crippen LogP contribution in [0.5, 0.6) is 0 Å². The molecule has 0 amide bonds. The van der Waals surface area contributed by atoms with Crippen molar-refractivity contribution in [3.8, 4) is 0 Å². The van der Waals surface area contributed by atoms with Gasteiger partial charge in [0.1, 0.15) is 0 Å². The predicted octanol–water partition coefficient (Wildman–Crippen LogP) is 2.85. The van der Waals surface area contributed by atoms with Gasteiger partial charge in [-0.25, -0.2) is 0 Å². The summed E-state index contributed by atoms with van der Waals surface area (Å²) >= 11 is 0. The lowest BCUT2D eigenvalue weighted by atomic mass is 10.1. The van der Waals surface area contributed by atoms with Crippen LogP contribution in [0.4, 0.5) is 11.4 Å². The molecule has 1 N–H and O–H groups in total. The zero-order valence-corrected chi connectivity index (χ0v) is 9.97. The maximum atomic E-state index is 11.1. The molecule has 0 saturated carbocycles. The van der Waals surface area contributed by atoms with Crippen molar-refractivity contribution in [2.45, 2.75) is 20.4 Å². The van der Waals surface area contributed by atoms with Crippen molar-refractivity contribution < 1.29 is 4.79 Å². The van der Waals surface area contributed by atoms with Crippen molar-refractivity contribution in [2.75, 3.05) is 5.32 Å². The molecular weight excluding hydrogens is 214 g/mol. The first-order valence-corrected chi connectivity index (χ1v) is 5.59. The summed E-state index contributed by atoms with van der Waals surface area (Å²) in [4.78, 5) is 11.1. The quantitative estimate of drug-likeness (QED) is 0.820. The second-order valence-electron chi connectivity index (χ2n) is 3.84. The first kappa shape index (κ1) is 11.4. The van der Waals surface area contributed by atoms with Gasteiger partial charge in [0.05, 0.1) is 11.9 Å². The van der Waals surface area contributed by atoms with E-state index in [1.807, 2.05) is 42.1 Å². The molecule has 17 heavy (non-hydrogen) atoms. The van der Waals surface area contributed by atoms with E-state index in [0.717, 1.165) is 23.5 Å². The molecule has 1 heterocycles. The summed E-state index contributed by atoms with van der Waals surface area (Å²) in [5, 5.41) is 7.41. The number of carbonyl (C=O) groups is 1. The van der Waals surface area contributed by atoms with Gasteiger partial charge in [-0.2, -0.15) is 5.10 Å². The Balaban J connectivity index is 2.10. The standard InChI is InChI=1S/C13H15N3O/c1-3-16-9-13(8-14-16)15-12-6-4-11(5-7-12)10(2)17/h4-9,15H,3H2,1-2H3. The van der Waals surface area contributed by atoms with Gasteiger partial charge in [-0.1, -0.05) is 0 Å². The lowest BCUT2D eigenvalue weighted by molar-refractivity contribution is 0.101. The van der Waals surface area contributed by atoms with Crippen LogP contribution in [-0.4, -0.2) is 15.6 Å². The van der Waals surface area contributed by atoms with Crippen molar-refractivity contribution in [1.29, 1.82) is 0 Å². The van der Waals surface area contributed by atoms with E-state index in [1.54, 1.807) is 13.1 Å². The Bertz CT molecular complexity index is 514. The van der Waals surface area contributed by atoms with Crippen LogP contribution in [0.2, 0.25) is 0 Å². The Morgan fingerprint density at radius 1 is 1.29 bits per heavy atom. The van der Waals surface area contributed by atoms with Crippen LogP contribution in [0.3, 0.4) is 0 Å². The third-order valence-electron chi connectivity index (χ3n) is 2.54. The molecule has 0 aliphatic heterocycles. The molecule has 0 bridgehead atoms. The van der Waals surface area contributed by atoms with Crippen LogP contribution in [0.15, 0.2) is 36.7 Å². The molecule has 0 saturated heterocycles. The zero-order chi connectivity index (χ0) is 12.3. The first-order chi connectivity index (χ1) is 8.19. The molecular formula is C13H15N3O. The second-order valence-corrected chi connectivity index (χ2v) is 3.84. The van der Waals surface area contributed by atoms with E-state index in [1.165, 1.54) is 0 Å². The van der Waals surface area contributed by atoms with Crippen molar-refractivity contribution in [3.63, 3.8) is 0 Å². The van der Waals surface area contributed by atoms with E-state index in [9.17, 15) is 4.79 Å². The highest BCUT2D eigenvalue weighted by Crippen LogP contribution is 2.16. The van der Waals surface area contributed by atoms with Crippen LogP contribution in [-0.2, 0) is 6.54 Å². The molecule has 0 aliphatic carbocycles. The molecule has 0 unspecified atom stereocenters. The number of hydrogen-bond donors (Lipinski definition) is 1. The molecule has 88 valence electrons. The Morgan fingerprint density at radius 3 is 2.53 bits per heavy atom. The van der Waals surface area contributed by atoms with Gasteiger partial charge in [-0.15, -0.1) is 0 Å². The minimum Gasteiger partial charge on any atom is -0.353 e. The van der Waals surface area contributed by atoms with Crippen LogP contribution in [0.25, 0.3) is 0 Å². The van der Waals surface area contributed by atoms with Gasteiger partial charge < -0.3 is 5.32 Å². The average molecular weight is 229 g/mol. The van der Waals surface area contributed by atoms with E-state index in [-0.39, 0.29) is 5.78 Å². The Kier molecular flexibility index (Phi) is 3.23. The number of aryl methyl sites for hydroxylation is 1. The molecule has 0 atom stereocenters.